The quantitative estimate of drug-likeness (QED) is 0.602. The van der Waals surface area contributed by atoms with E-state index in [2.05, 4.69) is 25.9 Å². The molecule has 0 spiro atoms. The van der Waals surface area contributed by atoms with Gasteiger partial charge in [-0.3, -0.25) is 14.4 Å². The Morgan fingerprint density at radius 1 is 1.10 bits per heavy atom. The van der Waals surface area contributed by atoms with E-state index in [1.807, 2.05) is 4.90 Å². The molecule has 1 aromatic heterocycles. The number of anilines is 5. The monoisotopic (exact) mass is 409 g/mol. The largest absolute Gasteiger partial charge is 0.383 e. The van der Waals surface area contributed by atoms with E-state index in [0.717, 1.165) is 25.9 Å². The lowest BCUT2D eigenvalue weighted by molar-refractivity contribution is -0.123. The van der Waals surface area contributed by atoms with E-state index in [-0.39, 0.29) is 30.0 Å². The highest BCUT2D eigenvalue weighted by atomic mass is 16.2. The summed E-state index contributed by atoms with van der Waals surface area (Å²) < 4.78 is 0. The van der Waals surface area contributed by atoms with E-state index in [0.29, 0.717) is 28.7 Å². The van der Waals surface area contributed by atoms with Crippen molar-refractivity contribution in [2.75, 3.05) is 39.7 Å². The maximum atomic E-state index is 12.9. The highest BCUT2D eigenvalue weighted by Gasteiger charge is 2.35. The zero-order chi connectivity index (χ0) is 21.3. The van der Waals surface area contributed by atoms with Crippen molar-refractivity contribution in [2.45, 2.75) is 32.1 Å². The highest BCUT2D eigenvalue weighted by molar-refractivity contribution is 6.05. The van der Waals surface area contributed by atoms with Crippen LogP contribution < -0.4 is 26.6 Å². The van der Waals surface area contributed by atoms with Gasteiger partial charge in [-0.05, 0) is 37.1 Å². The summed E-state index contributed by atoms with van der Waals surface area (Å²) in [6.45, 7) is 3.10. The number of carbonyl (C=O) groups excluding carboxylic acids is 3. The fraction of sp³-hybridized carbons (Fsp3) is 0.350. The standard InChI is InChI=1S/C20H23N7O3/c1-11(28)22-12-4-6-13(7-5-12)23-19(30)14-10-15(29)24-18-16(14)17(21)25-20(26-18)27-8-2-3-9-27/h4-7,14H,2-3,8-10H2,1H3,(H,22,28)(H,23,30)(H3,21,24,25,26,29)/t14-/m0/s1. The smallest absolute Gasteiger partial charge is 0.232 e. The van der Waals surface area contributed by atoms with Crippen molar-refractivity contribution in [3.63, 3.8) is 0 Å². The topological polar surface area (TPSA) is 142 Å². The fourth-order valence-electron chi connectivity index (χ4n) is 3.74. The van der Waals surface area contributed by atoms with Crippen molar-refractivity contribution in [3.8, 4) is 0 Å². The van der Waals surface area contributed by atoms with E-state index in [1.54, 1.807) is 24.3 Å². The first-order chi connectivity index (χ1) is 14.4. The molecule has 4 rings (SSSR count). The summed E-state index contributed by atoms with van der Waals surface area (Å²) in [5.41, 5.74) is 7.79. The predicted octanol–water partition coefficient (Wildman–Crippen LogP) is 1.68. The summed E-state index contributed by atoms with van der Waals surface area (Å²) in [7, 11) is 0. The van der Waals surface area contributed by atoms with Crippen molar-refractivity contribution in [2.24, 2.45) is 0 Å². The lowest BCUT2D eigenvalue weighted by Gasteiger charge is -2.26. The van der Waals surface area contributed by atoms with Gasteiger partial charge >= 0.3 is 0 Å². The first-order valence-electron chi connectivity index (χ1n) is 9.81. The van der Waals surface area contributed by atoms with Crippen LogP contribution >= 0.6 is 0 Å². The van der Waals surface area contributed by atoms with Crippen LogP contribution in [0.1, 0.15) is 37.7 Å². The number of rotatable bonds is 4. The first kappa shape index (κ1) is 19.6. The van der Waals surface area contributed by atoms with Crippen LogP contribution in [0.3, 0.4) is 0 Å². The van der Waals surface area contributed by atoms with E-state index in [1.165, 1.54) is 6.92 Å². The number of nitrogens with one attached hydrogen (secondary N) is 3. The van der Waals surface area contributed by atoms with Crippen molar-refractivity contribution in [1.29, 1.82) is 0 Å². The summed E-state index contributed by atoms with van der Waals surface area (Å²) in [5.74, 6) is -0.683. The van der Waals surface area contributed by atoms with Crippen LogP contribution in [0.4, 0.5) is 29.0 Å². The summed E-state index contributed by atoms with van der Waals surface area (Å²) in [6, 6.07) is 6.70. The maximum Gasteiger partial charge on any atom is 0.232 e. The van der Waals surface area contributed by atoms with Crippen molar-refractivity contribution >= 4 is 46.7 Å². The third kappa shape index (κ3) is 4.02. The molecule has 10 heteroatoms. The van der Waals surface area contributed by atoms with Gasteiger partial charge in [-0.25, -0.2) is 0 Å². The maximum absolute atomic E-state index is 12.9. The number of aromatic nitrogens is 2. The lowest BCUT2D eigenvalue weighted by atomic mass is 9.92. The normalized spacial score (nSPS) is 17.8. The predicted molar refractivity (Wildman–Crippen MR) is 113 cm³/mol. The van der Waals surface area contributed by atoms with Crippen LogP contribution in [0.15, 0.2) is 24.3 Å². The van der Waals surface area contributed by atoms with E-state index in [9.17, 15) is 14.4 Å². The fourth-order valence-corrected chi connectivity index (χ4v) is 3.74. The molecule has 0 unspecified atom stereocenters. The SMILES string of the molecule is CC(=O)Nc1ccc(NC(=O)[C@H]2CC(=O)Nc3nc(N4CCCC4)nc(N)c32)cc1. The average molecular weight is 409 g/mol. The number of hydrogen-bond donors (Lipinski definition) is 4. The second-order valence-electron chi connectivity index (χ2n) is 7.42. The molecule has 0 radical (unpaired) electrons. The molecule has 1 atom stereocenters. The molecular formula is C20H23N7O3. The van der Waals surface area contributed by atoms with Gasteiger partial charge in [0, 0.05) is 37.8 Å². The molecule has 0 aliphatic carbocycles. The first-order valence-corrected chi connectivity index (χ1v) is 9.81. The Morgan fingerprint density at radius 2 is 1.73 bits per heavy atom. The molecule has 10 nitrogen and oxygen atoms in total. The Kier molecular flexibility index (Phi) is 5.21. The summed E-state index contributed by atoms with van der Waals surface area (Å²) in [6.07, 6.45) is 2.07. The number of benzene rings is 1. The van der Waals surface area contributed by atoms with Crippen molar-refractivity contribution in [1.82, 2.24) is 9.97 Å². The molecule has 3 amide bonds. The zero-order valence-electron chi connectivity index (χ0n) is 16.6. The van der Waals surface area contributed by atoms with Crippen LogP contribution in [0.25, 0.3) is 0 Å². The number of fused-ring (bicyclic) bond motifs is 1. The number of nitrogen functional groups attached to an aromatic ring is 1. The van der Waals surface area contributed by atoms with Crippen LogP contribution in [0.2, 0.25) is 0 Å². The third-order valence-electron chi connectivity index (χ3n) is 5.14. The van der Waals surface area contributed by atoms with Gasteiger partial charge in [-0.15, -0.1) is 0 Å². The summed E-state index contributed by atoms with van der Waals surface area (Å²) >= 11 is 0. The van der Waals surface area contributed by atoms with Crippen molar-refractivity contribution < 1.29 is 14.4 Å². The Balaban J connectivity index is 1.56. The second-order valence-corrected chi connectivity index (χ2v) is 7.42. The molecule has 2 aliphatic heterocycles. The van der Waals surface area contributed by atoms with Gasteiger partial charge in [-0.1, -0.05) is 0 Å². The van der Waals surface area contributed by atoms with Gasteiger partial charge in [0.25, 0.3) is 0 Å². The minimum atomic E-state index is -0.795. The third-order valence-corrected chi connectivity index (χ3v) is 5.14. The number of nitrogens with zero attached hydrogens (tertiary/aromatic N) is 3. The number of carbonyl (C=O) groups is 3. The van der Waals surface area contributed by atoms with Crippen LogP contribution in [0.5, 0.6) is 0 Å². The van der Waals surface area contributed by atoms with Crippen LogP contribution in [-0.2, 0) is 14.4 Å². The zero-order valence-corrected chi connectivity index (χ0v) is 16.6. The minimum Gasteiger partial charge on any atom is -0.383 e. The van der Waals surface area contributed by atoms with Crippen LogP contribution in [-0.4, -0.2) is 40.8 Å². The molecule has 30 heavy (non-hydrogen) atoms. The Labute approximate surface area is 173 Å². The van der Waals surface area contributed by atoms with E-state index < -0.39 is 5.92 Å². The molecular weight excluding hydrogens is 386 g/mol. The molecule has 1 fully saturated rings. The number of hydrogen-bond acceptors (Lipinski definition) is 7. The highest BCUT2D eigenvalue weighted by Crippen LogP contribution is 2.37. The Hall–Kier alpha value is -3.69. The number of nitrogens with two attached hydrogens (primary N) is 1. The molecule has 1 saturated heterocycles. The Bertz CT molecular complexity index is 1000. The Morgan fingerprint density at radius 3 is 2.37 bits per heavy atom. The molecule has 0 saturated carbocycles. The van der Waals surface area contributed by atoms with Gasteiger partial charge in [-0.2, -0.15) is 9.97 Å². The lowest BCUT2D eigenvalue weighted by Crippen LogP contribution is -2.33. The van der Waals surface area contributed by atoms with Gasteiger partial charge < -0.3 is 26.6 Å². The second kappa shape index (κ2) is 7.97. The van der Waals surface area contributed by atoms with Gasteiger partial charge in [0.1, 0.15) is 11.6 Å². The molecule has 2 aliphatic rings. The van der Waals surface area contributed by atoms with E-state index in [4.69, 9.17) is 5.73 Å². The molecule has 3 heterocycles. The number of amides is 3. The van der Waals surface area contributed by atoms with E-state index >= 15 is 0 Å². The van der Waals surface area contributed by atoms with Crippen molar-refractivity contribution in [3.05, 3.63) is 29.8 Å². The molecule has 5 N–H and O–H groups in total. The molecule has 2 aromatic rings. The molecule has 0 bridgehead atoms. The average Bonchev–Trinajstić information content (AvgIpc) is 3.23. The summed E-state index contributed by atoms with van der Waals surface area (Å²) in [5, 5.41) is 8.18. The molecule has 1 aromatic carbocycles. The molecule has 156 valence electrons. The minimum absolute atomic E-state index is 0.0422. The summed E-state index contributed by atoms with van der Waals surface area (Å²) in [4.78, 5) is 47.2. The van der Waals surface area contributed by atoms with Gasteiger partial charge in [0.2, 0.25) is 23.7 Å². The van der Waals surface area contributed by atoms with Gasteiger partial charge in [0.05, 0.1) is 11.5 Å². The van der Waals surface area contributed by atoms with Gasteiger partial charge in [0.15, 0.2) is 0 Å². The van der Waals surface area contributed by atoms with Crippen LogP contribution in [0, 0.1) is 0 Å².